The highest BCUT2D eigenvalue weighted by Crippen LogP contribution is 2.24. The Bertz CT molecular complexity index is 1050. The maximum absolute atomic E-state index is 12.8. The molecule has 4 rings (SSSR count). The average molecular weight is 458 g/mol. The third-order valence-corrected chi connectivity index (χ3v) is 6.56. The smallest absolute Gasteiger partial charge is 0.223 e. The molecule has 3 aromatic rings. The van der Waals surface area contributed by atoms with Crippen LogP contribution in [0.5, 0.6) is 0 Å². The van der Waals surface area contributed by atoms with E-state index >= 15 is 0 Å². The first-order valence-corrected chi connectivity index (χ1v) is 12.3. The third kappa shape index (κ3) is 6.41. The zero-order chi connectivity index (χ0) is 23.8. The van der Waals surface area contributed by atoms with Crippen molar-refractivity contribution in [2.45, 2.75) is 33.2 Å². The molecule has 1 aromatic heterocycles. The summed E-state index contributed by atoms with van der Waals surface area (Å²) in [5, 5.41) is 3.17. The number of nitrogens with one attached hydrogen (secondary N) is 1. The molecule has 2 heterocycles. The molecule has 0 aliphatic carbocycles. The molecule has 178 valence electrons. The Morgan fingerprint density at radius 1 is 1.06 bits per heavy atom. The number of aromatic nitrogens is 2. The van der Waals surface area contributed by atoms with E-state index < -0.39 is 0 Å². The molecule has 1 aliphatic heterocycles. The van der Waals surface area contributed by atoms with Crippen LogP contribution in [0.2, 0.25) is 0 Å². The largest absolute Gasteiger partial charge is 0.356 e. The lowest BCUT2D eigenvalue weighted by molar-refractivity contribution is -0.125. The molecular formula is C28H35N5O. The Morgan fingerprint density at radius 2 is 1.79 bits per heavy atom. The molecule has 1 saturated heterocycles. The van der Waals surface area contributed by atoms with Crippen LogP contribution in [0.25, 0.3) is 11.4 Å². The summed E-state index contributed by atoms with van der Waals surface area (Å²) in [6, 6.07) is 20.7. The lowest BCUT2D eigenvalue weighted by atomic mass is 9.96. The molecule has 1 N–H and O–H groups in total. The minimum atomic E-state index is 0.0684. The number of aryl methyl sites for hydroxylation is 1. The Kier molecular flexibility index (Phi) is 8.26. The van der Waals surface area contributed by atoms with Gasteiger partial charge in [0.05, 0.1) is 0 Å². The molecule has 1 aliphatic rings. The molecule has 1 fully saturated rings. The van der Waals surface area contributed by atoms with Crippen LogP contribution in [0.15, 0.2) is 66.9 Å². The average Bonchev–Trinajstić information content (AvgIpc) is 2.89. The predicted molar refractivity (Wildman–Crippen MR) is 138 cm³/mol. The summed E-state index contributed by atoms with van der Waals surface area (Å²) < 4.78 is 0. The number of rotatable bonds is 9. The summed E-state index contributed by atoms with van der Waals surface area (Å²) in [4.78, 5) is 26.6. The summed E-state index contributed by atoms with van der Waals surface area (Å²) in [5.41, 5.74) is 3.55. The maximum Gasteiger partial charge on any atom is 0.223 e. The van der Waals surface area contributed by atoms with Gasteiger partial charge in [0.15, 0.2) is 5.82 Å². The SMILES string of the molecule is CCN(CCNC(=O)C1CCN(c2ccnc(-c3ccc(C)cc3)n2)CC1)Cc1ccccc1. The van der Waals surface area contributed by atoms with Gasteiger partial charge in [-0.05, 0) is 37.9 Å². The van der Waals surface area contributed by atoms with Gasteiger partial charge in [-0.25, -0.2) is 9.97 Å². The molecule has 0 spiro atoms. The molecular weight excluding hydrogens is 422 g/mol. The molecule has 6 heteroatoms. The molecule has 1 amide bonds. The fourth-order valence-electron chi connectivity index (χ4n) is 4.41. The second-order valence-corrected chi connectivity index (χ2v) is 9.01. The van der Waals surface area contributed by atoms with E-state index in [1.807, 2.05) is 18.3 Å². The van der Waals surface area contributed by atoms with Crippen LogP contribution in [0.3, 0.4) is 0 Å². The zero-order valence-electron chi connectivity index (χ0n) is 20.3. The number of hydrogen-bond acceptors (Lipinski definition) is 5. The van der Waals surface area contributed by atoms with Crippen molar-refractivity contribution < 1.29 is 4.79 Å². The second kappa shape index (κ2) is 11.7. The summed E-state index contributed by atoms with van der Waals surface area (Å²) >= 11 is 0. The van der Waals surface area contributed by atoms with Crippen molar-refractivity contribution in [3.63, 3.8) is 0 Å². The van der Waals surface area contributed by atoms with E-state index in [4.69, 9.17) is 4.98 Å². The number of nitrogens with zero attached hydrogens (tertiary/aromatic N) is 4. The van der Waals surface area contributed by atoms with Gasteiger partial charge in [-0.3, -0.25) is 9.69 Å². The highest BCUT2D eigenvalue weighted by atomic mass is 16.1. The summed E-state index contributed by atoms with van der Waals surface area (Å²) in [6.07, 6.45) is 3.51. The number of likely N-dealkylation sites (N-methyl/N-ethyl adjacent to an activating group) is 1. The summed E-state index contributed by atoms with van der Waals surface area (Å²) in [7, 11) is 0. The van der Waals surface area contributed by atoms with Gasteiger partial charge < -0.3 is 10.2 Å². The van der Waals surface area contributed by atoms with Crippen molar-refractivity contribution in [3.05, 3.63) is 78.0 Å². The lowest BCUT2D eigenvalue weighted by Crippen LogP contribution is -2.42. The first-order chi connectivity index (χ1) is 16.6. The molecule has 6 nitrogen and oxygen atoms in total. The Labute approximate surface area is 203 Å². The van der Waals surface area contributed by atoms with E-state index in [2.05, 4.69) is 82.5 Å². The number of piperidine rings is 1. The van der Waals surface area contributed by atoms with E-state index in [9.17, 15) is 4.79 Å². The number of carbonyl (C=O) groups excluding carboxylic acids is 1. The number of hydrogen-bond donors (Lipinski definition) is 1. The van der Waals surface area contributed by atoms with Gasteiger partial charge in [0.2, 0.25) is 5.91 Å². The van der Waals surface area contributed by atoms with Crippen LogP contribution in [0.4, 0.5) is 5.82 Å². The summed E-state index contributed by atoms with van der Waals surface area (Å²) in [6.45, 7) is 9.32. The number of carbonyl (C=O) groups is 1. The van der Waals surface area contributed by atoms with Gasteiger partial charge in [0.25, 0.3) is 0 Å². The van der Waals surface area contributed by atoms with Crippen LogP contribution in [-0.2, 0) is 11.3 Å². The van der Waals surface area contributed by atoms with E-state index in [1.165, 1.54) is 11.1 Å². The van der Waals surface area contributed by atoms with Crippen LogP contribution in [0.1, 0.15) is 30.9 Å². The summed E-state index contributed by atoms with van der Waals surface area (Å²) in [5.74, 6) is 1.93. The first-order valence-electron chi connectivity index (χ1n) is 12.3. The lowest BCUT2D eigenvalue weighted by Gasteiger charge is -2.32. The first kappa shape index (κ1) is 23.9. The molecule has 34 heavy (non-hydrogen) atoms. The Hall–Kier alpha value is -3.25. The van der Waals surface area contributed by atoms with Gasteiger partial charge in [0, 0.05) is 50.4 Å². The number of anilines is 1. The van der Waals surface area contributed by atoms with Crippen LogP contribution in [-0.4, -0.2) is 53.5 Å². The van der Waals surface area contributed by atoms with E-state index in [0.29, 0.717) is 6.54 Å². The van der Waals surface area contributed by atoms with Crippen molar-refractivity contribution in [3.8, 4) is 11.4 Å². The van der Waals surface area contributed by atoms with Crippen molar-refractivity contribution in [2.24, 2.45) is 5.92 Å². The fourth-order valence-corrected chi connectivity index (χ4v) is 4.41. The molecule has 0 saturated carbocycles. The monoisotopic (exact) mass is 457 g/mol. The van der Waals surface area contributed by atoms with Gasteiger partial charge >= 0.3 is 0 Å². The van der Waals surface area contributed by atoms with Gasteiger partial charge in [0.1, 0.15) is 5.82 Å². The third-order valence-electron chi connectivity index (χ3n) is 6.56. The van der Waals surface area contributed by atoms with E-state index in [1.54, 1.807) is 0 Å². The fraction of sp³-hybridized carbons (Fsp3) is 0.393. The van der Waals surface area contributed by atoms with Crippen LogP contribution in [0, 0.1) is 12.8 Å². The topological polar surface area (TPSA) is 61.4 Å². The van der Waals surface area contributed by atoms with Crippen molar-refractivity contribution >= 4 is 11.7 Å². The van der Waals surface area contributed by atoms with Crippen molar-refractivity contribution in [1.29, 1.82) is 0 Å². The number of amides is 1. The normalized spacial score (nSPS) is 14.4. The molecule has 0 bridgehead atoms. The zero-order valence-corrected chi connectivity index (χ0v) is 20.3. The Morgan fingerprint density at radius 3 is 2.50 bits per heavy atom. The standard InChI is InChI=1S/C28H35N5O/c1-3-32(21-23-7-5-4-6-8-23)20-17-30-28(34)25-14-18-33(19-15-25)26-13-16-29-27(31-26)24-11-9-22(2)10-12-24/h4-13,16,25H,3,14-15,17-21H2,1-2H3,(H,30,34). The van der Waals surface area contributed by atoms with Gasteiger partial charge in [-0.1, -0.05) is 67.1 Å². The van der Waals surface area contributed by atoms with Gasteiger partial charge in [-0.15, -0.1) is 0 Å². The highest BCUT2D eigenvalue weighted by molar-refractivity contribution is 5.79. The molecule has 0 radical (unpaired) electrons. The van der Waals surface area contributed by atoms with E-state index in [0.717, 1.165) is 62.8 Å². The molecule has 0 unspecified atom stereocenters. The quantitative estimate of drug-likeness (QED) is 0.519. The Balaban J connectivity index is 1.24. The highest BCUT2D eigenvalue weighted by Gasteiger charge is 2.25. The van der Waals surface area contributed by atoms with Crippen molar-refractivity contribution in [1.82, 2.24) is 20.2 Å². The minimum absolute atomic E-state index is 0.0684. The van der Waals surface area contributed by atoms with Crippen molar-refractivity contribution in [2.75, 3.05) is 37.6 Å². The van der Waals surface area contributed by atoms with E-state index in [-0.39, 0.29) is 11.8 Å². The van der Waals surface area contributed by atoms with Gasteiger partial charge in [-0.2, -0.15) is 0 Å². The molecule has 0 atom stereocenters. The maximum atomic E-state index is 12.8. The number of benzene rings is 2. The minimum Gasteiger partial charge on any atom is -0.356 e. The van der Waals surface area contributed by atoms with Crippen LogP contribution >= 0.6 is 0 Å². The van der Waals surface area contributed by atoms with Crippen LogP contribution < -0.4 is 10.2 Å². The molecule has 2 aromatic carbocycles. The predicted octanol–water partition coefficient (Wildman–Crippen LogP) is 4.31. The second-order valence-electron chi connectivity index (χ2n) is 9.01.